The number of fused-ring (bicyclic) bond motifs is 1. The molecule has 0 aliphatic carbocycles. The van der Waals surface area contributed by atoms with Gasteiger partial charge < -0.3 is 20.7 Å². The molecule has 7 heteroatoms. The van der Waals surface area contributed by atoms with Gasteiger partial charge in [-0.05, 0) is 72.3 Å². The number of carbonyl (C=O) groups excluding carboxylic acids is 1. The van der Waals surface area contributed by atoms with Crippen LogP contribution < -0.4 is 20.7 Å². The number of anilines is 4. The molecule has 0 spiro atoms. The molecule has 36 heavy (non-hydrogen) atoms. The summed E-state index contributed by atoms with van der Waals surface area (Å²) < 4.78 is 6.02. The number of para-hydroxylation sites is 1. The van der Waals surface area contributed by atoms with Crippen LogP contribution in [0, 0.1) is 0 Å². The number of aromatic nitrogens is 2. The smallest absolute Gasteiger partial charge is 0.256 e. The van der Waals surface area contributed by atoms with Gasteiger partial charge in [0.15, 0.2) is 0 Å². The molecule has 0 unspecified atom stereocenters. The van der Waals surface area contributed by atoms with Crippen molar-refractivity contribution in [3.63, 3.8) is 0 Å². The minimum atomic E-state index is -0.162. The van der Waals surface area contributed by atoms with Crippen molar-refractivity contribution in [2.24, 2.45) is 0 Å². The second kappa shape index (κ2) is 10.6. The van der Waals surface area contributed by atoms with Gasteiger partial charge >= 0.3 is 0 Å². The van der Waals surface area contributed by atoms with Crippen molar-refractivity contribution in [3.05, 3.63) is 109 Å². The third-order valence-electron chi connectivity index (χ3n) is 5.48. The molecule has 0 saturated heterocycles. The van der Waals surface area contributed by atoms with Crippen molar-refractivity contribution in [3.8, 4) is 11.6 Å². The van der Waals surface area contributed by atoms with E-state index in [2.05, 4.69) is 32.8 Å². The molecule has 0 atom stereocenters. The Kier molecular flexibility index (Phi) is 6.71. The van der Waals surface area contributed by atoms with Crippen LogP contribution in [0.1, 0.15) is 17.3 Å². The maximum atomic E-state index is 12.9. The molecule has 0 aliphatic rings. The second-order valence-corrected chi connectivity index (χ2v) is 8.07. The topological polar surface area (TPSA) is 88.2 Å². The van der Waals surface area contributed by atoms with Gasteiger partial charge in [-0.3, -0.25) is 4.79 Å². The van der Waals surface area contributed by atoms with Gasteiger partial charge in [0, 0.05) is 41.4 Å². The van der Waals surface area contributed by atoms with E-state index in [0.717, 1.165) is 34.4 Å². The Morgan fingerprint density at radius 1 is 0.833 bits per heavy atom. The lowest BCUT2D eigenvalue weighted by Gasteiger charge is -2.11. The Morgan fingerprint density at radius 2 is 1.64 bits per heavy atom. The summed E-state index contributed by atoms with van der Waals surface area (Å²) in [5.74, 6) is 1.29. The standard InChI is InChI=1S/C29H25N5O2/c1-2-30-22-11-7-12-23(19-22)33-29-31-17-16-27(34-29)36-24-14-15-25-20(18-24)8-6-13-26(25)28(35)32-21-9-4-3-5-10-21/h3-19,30H,2H2,1H3,(H,32,35)(H,31,33,34). The highest BCUT2D eigenvalue weighted by atomic mass is 16.5. The highest BCUT2D eigenvalue weighted by molar-refractivity contribution is 6.13. The van der Waals surface area contributed by atoms with Crippen LogP contribution in [-0.2, 0) is 0 Å². The van der Waals surface area contributed by atoms with Crippen LogP contribution >= 0.6 is 0 Å². The molecular weight excluding hydrogens is 450 g/mol. The van der Waals surface area contributed by atoms with Crippen LogP contribution in [0.25, 0.3) is 10.8 Å². The van der Waals surface area contributed by atoms with E-state index < -0.39 is 0 Å². The molecule has 0 bridgehead atoms. The summed E-state index contributed by atoms with van der Waals surface area (Å²) >= 11 is 0. The van der Waals surface area contributed by atoms with Gasteiger partial charge in [0.25, 0.3) is 5.91 Å². The first-order valence-electron chi connectivity index (χ1n) is 11.7. The molecule has 178 valence electrons. The highest BCUT2D eigenvalue weighted by Gasteiger charge is 2.11. The highest BCUT2D eigenvalue weighted by Crippen LogP contribution is 2.28. The number of rotatable bonds is 8. The average molecular weight is 476 g/mol. The fourth-order valence-electron chi connectivity index (χ4n) is 3.86. The number of carbonyl (C=O) groups is 1. The van der Waals surface area contributed by atoms with Crippen molar-refractivity contribution in [2.75, 3.05) is 22.5 Å². The third-order valence-corrected chi connectivity index (χ3v) is 5.48. The normalized spacial score (nSPS) is 10.6. The average Bonchev–Trinajstić information content (AvgIpc) is 2.89. The third kappa shape index (κ3) is 5.42. The molecule has 0 aliphatic heterocycles. The van der Waals surface area contributed by atoms with E-state index in [9.17, 15) is 4.79 Å². The maximum absolute atomic E-state index is 12.9. The summed E-state index contributed by atoms with van der Waals surface area (Å²) in [5.41, 5.74) is 3.23. The van der Waals surface area contributed by atoms with E-state index in [-0.39, 0.29) is 5.91 Å². The first-order valence-corrected chi connectivity index (χ1v) is 11.7. The summed E-state index contributed by atoms with van der Waals surface area (Å²) in [7, 11) is 0. The number of ether oxygens (including phenoxy) is 1. The maximum Gasteiger partial charge on any atom is 0.256 e. The largest absolute Gasteiger partial charge is 0.439 e. The number of hydrogen-bond donors (Lipinski definition) is 3. The van der Waals surface area contributed by atoms with Crippen molar-refractivity contribution >= 4 is 39.7 Å². The van der Waals surface area contributed by atoms with Crippen molar-refractivity contribution in [1.29, 1.82) is 0 Å². The van der Waals surface area contributed by atoms with Crippen molar-refractivity contribution in [1.82, 2.24) is 9.97 Å². The van der Waals surface area contributed by atoms with E-state index in [1.165, 1.54) is 0 Å². The van der Waals surface area contributed by atoms with Crippen LogP contribution in [0.2, 0.25) is 0 Å². The van der Waals surface area contributed by atoms with Gasteiger partial charge in [0.05, 0.1) is 0 Å². The summed E-state index contributed by atoms with van der Waals surface area (Å²) in [5, 5.41) is 11.2. The number of nitrogens with one attached hydrogen (secondary N) is 3. The number of hydrogen-bond acceptors (Lipinski definition) is 6. The van der Waals surface area contributed by atoms with E-state index in [4.69, 9.17) is 4.74 Å². The SMILES string of the molecule is CCNc1cccc(Nc2nccc(Oc3ccc4c(C(=O)Nc5ccccc5)cccc4c3)n2)c1. The Morgan fingerprint density at radius 3 is 2.50 bits per heavy atom. The van der Waals surface area contributed by atoms with E-state index >= 15 is 0 Å². The lowest BCUT2D eigenvalue weighted by molar-refractivity contribution is 0.102. The van der Waals surface area contributed by atoms with Gasteiger partial charge in [-0.15, -0.1) is 0 Å². The molecular formula is C29H25N5O2. The zero-order valence-electron chi connectivity index (χ0n) is 19.7. The van der Waals surface area contributed by atoms with Crippen LogP contribution in [0.4, 0.5) is 23.0 Å². The quantitative estimate of drug-likeness (QED) is 0.227. The van der Waals surface area contributed by atoms with Crippen LogP contribution in [0.5, 0.6) is 11.6 Å². The summed E-state index contributed by atoms with van der Waals surface area (Å²) in [4.78, 5) is 21.7. The molecule has 5 rings (SSSR count). The van der Waals surface area contributed by atoms with Gasteiger partial charge in [0.1, 0.15) is 5.75 Å². The molecule has 1 heterocycles. The van der Waals surface area contributed by atoms with Crippen LogP contribution in [-0.4, -0.2) is 22.4 Å². The molecule has 0 radical (unpaired) electrons. The molecule has 0 saturated carbocycles. The van der Waals surface area contributed by atoms with Gasteiger partial charge in [-0.2, -0.15) is 4.98 Å². The van der Waals surface area contributed by atoms with Crippen molar-refractivity contribution < 1.29 is 9.53 Å². The molecule has 0 fully saturated rings. The zero-order valence-corrected chi connectivity index (χ0v) is 19.7. The van der Waals surface area contributed by atoms with Gasteiger partial charge in [-0.25, -0.2) is 4.98 Å². The molecule has 1 amide bonds. The van der Waals surface area contributed by atoms with Crippen LogP contribution in [0.3, 0.4) is 0 Å². The van der Waals surface area contributed by atoms with Gasteiger partial charge in [0.2, 0.25) is 11.8 Å². The number of benzene rings is 4. The van der Waals surface area contributed by atoms with Crippen LogP contribution in [0.15, 0.2) is 103 Å². The first kappa shape index (κ1) is 22.9. The van der Waals surface area contributed by atoms with Crippen molar-refractivity contribution in [2.45, 2.75) is 6.92 Å². The minimum absolute atomic E-state index is 0.162. The lowest BCUT2D eigenvalue weighted by atomic mass is 10.0. The van der Waals surface area contributed by atoms with E-state index in [0.29, 0.717) is 23.1 Å². The molecule has 5 aromatic rings. The minimum Gasteiger partial charge on any atom is -0.439 e. The summed E-state index contributed by atoms with van der Waals surface area (Å²) in [6.45, 7) is 2.89. The predicted molar refractivity (Wildman–Crippen MR) is 144 cm³/mol. The Hall–Kier alpha value is -4.91. The number of nitrogens with zero attached hydrogens (tertiary/aromatic N) is 2. The summed E-state index contributed by atoms with van der Waals surface area (Å²) in [6.07, 6.45) is 1.64. The van der Waals surface area contributed by atoms with E-state index in [1.807, 2.05) is 91.0 Å². The molecule has 1 aromatic heterocycles. The molecule has 4 aromatic carbocycles. The Balaban J connectivity index is 1.33. The number of amides is 1. The predicted octanol–water partition coefficient (Wildman–Crippen LogP) is 6.85. The lowest BCUT2D eigenvalue weighted by Crippen LogP contribution is -2.12. The monoisotopic (exact) mass is 475 g/mol. The molecule has 3 N–H and O–H groups in total. The van der Waals surface area contributed by atoms with Gasteiger partial charge in [-0.1, -0.05) is 36.4 Å². The van der Waals surface area contributed by atoms with E-state index in [1.54, 1.807) is 12.3 Å². The fraction of sp³-hybridized carbons (Fsp3) is 0.0690. The first-order chi connectivity index (χ1) is 17.7. The fourth-order valence-corrected chi connectivity index (χ4v) is 3.86. The Bertz CT molecular complexity index is 1500. The second-order valence-electron chi connectivity index (χ2n) is 8.07. The zero-order chi connectivity index (χ0) is 24.7. The summed E-state index contributed by atoms with van der Waals surface area (Å²) in [6, 6.07) is 30.3. The molecule has 7 nitrogen and oxygen atoms in total. The Labute approximate surface area is 209 Å².